The number of carbonyl (C=O) groups excluding carboxylic acids is 1. The highest BCUT2D eigenvalue weighted by molar-refractivity contribution is 6.06. The normalized spacial score (nSPS) is 10.2. The van der Waals surface area contributed by atoms with E-state index in [1.54, 1.807) is 24.3 Å². The monoisotopic (exact) mass is 219 g/mol. The van der Waals surface area contributed by atoms with Gasteiger partial charge in [-0.1, -0.05) is 18.2 Å². The number of para-hydroxylation sites is 1. The minimum absolute atomic E-state index is 0.344. The molecular formula is C11H9NO4. The molecule has 0 atom stereocenters. The molecule has 0 aliphatic heterocycles. The van der Waals surface area contributed by atoms with Gasteiger partial charge < -0.3 is 14.8 Å². The van der Waals surface area contributed by atoms with Crippen LogP contribution in [0.3, 0.4) is 0 Å². The lowest BCUT2D eigenvalue weighted by Gasteiger charge is -1.99. The van der Waals surface area contributed by atoms with Gasteiger partial charge in [0, 0.05) is 5.39 Å². The number of hydrogen-bond acceptors (Lipinski definition) is 3. The van der Waals surface area contributed by atoms with Gasteiger partial charge >= 0.3 is 5.97 Å². The lowest BCUT2D eigenvalue weighted by Crippen LogP contribution is -2.28. The molecule has 0 saturated carbocycles. The van der Waals surface area contributed by atoms with E-state index in [9.17, 15) is 9.59 Å². The Balaban J connectivity index is 2.26. The van der Waals surface area contributed by atoms with Crippen molar-refractivity contribution in [2.45, 2.75) is 0 Å². The Kier molecular flexibility index (Phi) is 2.59. The van der Waals surface area contributed by atoms with E-state index in [-0.39, 0.29) is 0 Å². The van der Waals surface area contributed by atoms with Gasteiger partial charge in [-0.3, -0.25) is 9.59 Å². The van der Waals surface area contributed by atoms with E-state index < -0.39 is 18.4 Å². The fourth-order valence-corrected chi connectivity index (χ4v) is 1.40. The summed E-state index contributed by atoms with van der Waals surface area (Å²) in [6.45, 7) is -0.404. The van der Waals surface area contributed by atoms with Crippen LogP contribution in [0.15, 0.2) is 34.9 Å². The fourth-order valence-electron chi connectivity index (χ4n) is 1.40. The maximum atomic E-state index is 11.6. The van der Waals surface area contributed by atoms with Crippen LogP contribution in [0.1, 0.15) is 10.4 Å². The Morgan fingerprint density at radius 1 is 1.31 bits per heavy atom. The number of aliphatic carboxylic acids is 1. The van der Waals surface area contributed by atoms with Crippen molar-refractivity contribution in [2.75, 3.05) is 6.54 Å². The summed E-state index contributed by atoms with van der Waals surface area (Å²) in [4.78, 5) is 21.9. The van der Waals surface area contributed by atoms with Crippen LogP contribution in [0.25, 0.3) is 11.0 Å². The molecule has 0 spiro atoms. The van der Waals surface area contributed by atoms with Crippen LogP contribution in [-0.4, -0.2) is 23.5 Å². The van der Waals surface area contributed by atoms with Crippen molar-refractivity contribution >= 4 is 22.8 Å². The second-order valence-electron chi connectivity index (χ2n) is 3.22. The van der Waals surface area contributed by atoms with Gasteiger partial charge in [0.25, 0.3) is 5.91 Å². The van der Waals surface area contributed by atoms with Crippen molar-refractivity contribution in [3.63, 3.8) is 0 Å². The molecule has 2 aromatic rings. The molecule has 16 heavy (non-hydrogen) atoms. The fraction of sp³-hybridized carbons (Fsp3) is 0.0909. The number of carboxylic acid groups (broad SMARTS) is 1. The van der Waals surface area contributed by atoms with E-state index >= 15 is 0 Å². The maximum Gasteiger partial charge on any atom is 0.322 e. The van der Waals surface area contributed by atoms with E-state index in [1.807, 2.05) is 0 Å². The van der Waals surface area contributed by atoms with E-state index in [0.717, 1.165) is 0 Å². The van der Waals surface area contributed by atoms with E-state index in [2.05, 4.69) is 5.32 Å². The number of carboxylic acids is 1. The first-order valence-electron chi connectivity index (χ1n) is 4.64. The molecule has 0 aliphatic rings. The molecule has 82 valence electrons. The number of nitrogens with one attached hydrogen (secondary N) is 1. The molecule has 2 N–H and O–H groups in total. The number of carbonyl (C=O) groups is 2. The SMILES string of the molecule is O=C(O)CNC(=O)c1coc2ccccc12. The molecule has 0 radical (unpaired) electrons. The molecule has 2 rings (SSSR count). The van der Waals surface area contributed by atoms with Gasteiger partial charge in [-0.15, -0.1) is 0 Å². The predicted octanol–water partition coefficient (Wildman–Crippen LogP) is 1.25. The van der Waals surface area contributed by atoms with Gasteiger partial charge in [0.15, 0.2) is 0 Å². The van der Waals surface area contributed by atoms with Crippen LogP contribution in [0.5, 0.6) is 0 Å². The highest BCUT2D eigenvalue weighted by Crippen LogP contribution is 2.20. The van der Waals surface area contributed by atoms with Crippen molar-refractivity contribution in [3.8, 4) is 0 Å². The molecule has 1 amide bonds. The van der Waals surface area contributed by atoms with Gasteiger partial charge in [-0.05, 0) is 6.07 Å². The summed E-state index contributed by atoms with van der Waals surface area (Å²) in [7, 11) is 0. The van der Waals surface area contributed by atoms with Crippen molar-refractivity contribution in [1.82, 2.24) is 5.32 Å². The van der Waals surface area contributed by atoms with Crippen LogP contribution in [-0.2, 0) is 4.79 Å². The van der Waals surface area contributed by atoms with Crippen molar-refractivity contribution < 1.29 is 19.1 Å². The Bertz CT molecular complexity index is 544. The third kappa shape index (κ3) is 1.88. The number of furan rings is 1. The lowest BCUT2D eigenvalue weighted by molar-refractivity contribution is -0.135. The van der Waals surface area contributed by atoms with Crippen molar-refractivity contribution in [2.24, 2.45) is 0 Å². The molecule has 0 aliphatic carbocycles. The molecule has 0 saturated heterocycles. The van der Waals surface area contributed by atoms with Crippen LogP contribution in [0.2, 0.25) is 0 Å². The molecule has 1 heterocycles. The number of fused-ring (bicyclic) bond motifs is 1. The van der Waals surface area contributed by atoms with E-state index in [1.165, 1.54) is 6.26 Å². The van der Waals surface area contributed by atoms with Gasteiger partial charge in [0.05, 0.1) is 5.56 Å². The van der Waals surface area contributed by atoms with Gasteiger partial charge in [-0.25, -0.2) is 0 Å². The predicted molar refractivity (Wildman–Crippen MR) is 56.2 cm³/mol. The molecule has 0 fully saturated rings. The summed E-state index contributed by atoms with van der Waals surface area (Å²) in [5.41, 5.74) is 0.944. The second kappa shape index (κ2) is 4.06. The van der Waals surface area contributed by atoms with Crippen molar-refractivity contribution in [1.29, 1.82) is 0 Å². The average molecular weight is 219 g/mol. The quantitative estimate of drug-likeness (QED) is 0.814. The van der Waals surface area contributed by atoms with Crippen LogP contribution < -0.4 is 5.32 Å². The smallest absolute Gasteiger partial charge is 0.322 e. The largest absolute Gasteiger partial charge is 0.480 e. The minimum atomic E-state index is -1.08. The zero-order valence-electron chi connectivity index (χ0n) is 8.27. The summed E-state index contributed by atoms with van der Waals surface area (Å²) < 4.78 is 5.17. The molecule has 1 aromatic carbocycles. The third-order valence-corrected chi connectivity index (χ3v) is 2.13. The Morgan fingerprint density at radius 3 is 2.81 bits per heavy atom. The van der Waals surface area contributed by atoms with Crippen LogP contribution >= 0.6 is 0 Å². The summed E-state index contributed by atoms with van der Waals surface area (Å²) in [6.07, 6.45) is 1.32. The van der Waals surface area contributed by atoms with E-state index in [0.29, 0.717) is 16.5 Å². The standard InChI is InChI=1S/C11H9NO4/c13-10(14)5-12-11(15)8-6-16-9-4-2-1-3-7(8)9/h1-4,6H,5H2,(H,12,15)(H,13,14). The number of benzene rings is 1. The summed E-state index contributed by atoms with van der Waals surface area (Å²) in [5.74, 6) is -1.53. The zero-order valence-corrected chi connectivity index (χ0v) is 8.27. The minimum Gasteiger partial charge on any atom is -0.480 e. The van der Waals surface area contributed by atoms with Gasteiger partial charge in [0.1, 0.15) is 18.4 Å². The van der Waals surface area contributed by atoms with Crippen LogP contribution in [0, 0.1) is 0 Å². The maximum absolute atomic E-state index is 11.6. The number of hydrogen-bond donors (Lipinski definition) is 2. The molecule has 0 unspecified atom stereocenters. The topological polar surface area (TPSA) is 79.5 Å². The Labute approximate surface area is 90.7 Å². The van der Waals surface area contributed by atoms with Gasteiger partial charge in [0.2, 0.25) is 0 Å². The van der Waals surface area contributed by atoms with E-state index in [4.69, 9.17) is 9.52 Å². The first-order valence-corrected chi connectivity index (χ1v) is 4.64. The summed E-state index contributed by atoms with van der Waals surface area (Å²) in [6, 6.07) is 7.06. The first-order chi connectivity index (χ1) is 7.68. The Morgan fingerprint density at radius 2 is 2.06 bits per heavy atom. The molecule has 5 nitrogen and oxygen atoms in total. The van der Waals surface area contributed by atoms with Crippen molar-refractivity contribution in [3.05, 3.63) is 36.1 Å². The van der Waals surface area contributed by atoms with Crippen LogP contribution in [0.4, 0.5) is 0 Å². The summed E-state index contributed by atoms with van der Waals surface area (Å²) >= 11 is 0. The average Bonchev–Trinajstić information content (AvgIpc) is 2.69. The second-order valence-corrected chi connectivity index (χ2v) is 3.22. The third-order valence-electron chi connectivity index (χ3n) is 2.13. The summed E-state index contributed by atoms with van der Waals surface area (Å²) in [5, 5.41) is 11.4. The first kappa shape index (κ1) is 10.2. The van der Waals surface area contributed by atoms with Gasteiger partial charge in [-0.2, -0.15) is 0 Å². The number of rotatable bonds is 3. The zero-order chi connectivity index (χ0) is 11.5. The molecule has 5 heteroatoms. The molecular weight excluding hydrogens is 210 g/mol. The molecule has 1 aromatic heterocycles. The highest BCUT2D eigenvalue weighted by atomic mass is 16.4. The number of amides is 1. The Hall–Kier alpha value is -2.30. The lowest BCUT2D eigenvalue weighted by atomic mass is 10.1. The molecule has 0 bridgehead atoms. The highest BCUT2D eigenvalue weighted by Gasteiger charge is 2.13.